The van der Waals surface area contributed by atoms with E-state index in [9.17, 15) is 0 Å². The first-order valence-electron chi connectivity index (χ1n) is 9.00. The Kier molecular flexibility index (Phi) is 6.40. The van der Waals surface area contributed by atoms with Crippen molar-refractivity contribution in [3.8, 4) is 11.3 Å². The number of imidazole rings is 1. The first kappa shape index (κ1) is 20.2. The summed E-state index contributed by atoms with van der Waals surface area (Å²) in [4.78, 5) is 9.82. The zero-order chi connectivity index (χ0) is 20.2. The van der Waals surface area contributed by atoms with Gasteiger partial charge in [0.1, 0.15) is 0 Å². The minimum Gasteiger partial charge on any atom is -0.337 e. The van der Waals surface area contributed by atoms with Gasteiger partial charge < -0.3 is 9.13 Å². The van der Waals surface area contributed by atoms with E-state index in [1.165, 1.54) is 0 Å². The fourth-order valence-corrected chi connectivity index (χ4v) is 4.46. The van der Waals surface area contributed by atoms with Crippen molar-refractivity contribution in [2.24, 2.45) is 4.99 Å². The van der Waals surface area contributed by atoms with Crippen molar-refractivity contribution in [3.05, 3.63) is 86.4 Å². The van der Waals surface area contributed by atoms with Crippen LogP contribution in [-0.2, 0) is 13.1 Å². The summed E-state index contributed by atoms with van der Waals surface area (Å²) in [6.07, 6.45) is 6.50. The highest BCUT2D eigenvalue weighted by atomic mass is 35.5. The molecule has 29 heavy (non-hydrogen) atoms. The largest absolute Gasteiger partial charge is 0.337 e. The Bertz CT molecular complexity index is 1160. The molecular formula is C21H17Cl3N4S. The third-order valence-electron chi connectivity index (χ3n) is 4.41. The molecule has 2 aromatic heterocycles. The Morgan fingerprint density at radius 2 is 1.76 bits per heavy atom. The molecule has 0 bridgehead atoms. The van der Waals surface area contributed by atoms with Crippen molar-refractivity contribution in [3.63, 3.8) is 0 Å². The van der Waals surface area contributed by atoms with Gasteiger partial charge in [0, 0.05) is 46.5 Å². The van der Waals surface area contributed by atoms with E-state index >= 15 is 0 Å². The lowest BCUT2D eigenvalue weighted by Gasteiger charge is -2.11. The van der Waals surface area contributed by atoms with Crippen molar-refractivity contribution in [1.82, 2.24) is 14.1 Å². The smallest absolute Gasteiger partial charge is 0.190 e. The minimum atomic E-state index is 0.650. The molecular weight excluding hydrogens is 447 g/mol. The summed E-state index contributed by atoms with van der Waals surface area (Å²) in [6, 6.07) is 13.0. The Hall–Kier alpha value is -2.05. The number of rotatable bonds is 6. The van der Waals surface area contributed by atoms with Crippen molar-refractivity contribution >= 4 is 51.8 Å². The van der Waals surface area contributed by atoms with E-state index < -0.39 is 0 Å². The maximum absolute atomic E-state index is 6.48. The standard InChI is InChI=1S/C21H17Cl3N4S/c22-15-2-5-17(6-3-15)26-21-28(10-1-9-27-11-8-25-14-27)20(13-29-21)18-12-16(23)4-7-19(18)24/h2-8,11-14H,1,9-10H2. The molecule has 0 aliphatic carbocycles. The molecule has 2 heterocycles. The van der Waals surface area contributed by atoms with Crippen LogP contribution in [0, 0.1) is 0 Å². The van der Waals surface area contributed by atoms with Crippen LogP contribution in [0.2, 0.25) is 15.1 Å². The second kappa shape index (κ2) is 9.18. The third-order valence-corrected chi connectivity index (χ3v) is 6.09. The van der Waals surface area contributed by atoms with E-state index in [-0.39, 0.29) is 0 Å². The van der Waals surface area contributed by atoms with E-state index in [0.29, 0.717) is 15.1 Å². The van der Waals surface area contributed by atoms with E-state index in [1.54, 1.807) is 23.6 Å². The summed E-state index contributed by atoms with van der Waals surface area (Å²) in [5, 5.41) is 4.07. The van der Waals surface area contributed by atoms with E-state index in [1.807, 2.05) is 48.9 Å². The van der Waals surface area contributed by atoms with Crippen molar-refractivity contribution < 1.29 is 0 Å². The molecule has 148 valence electrons. The molecule has 0 saturated heterocycles. The van der Waals surface area contributed by atoms with Crippen LogP contribution in [0.3, 0.4) is 0 Å². The second-order valence-electron chi connectivity index (χ2n) is 6.42. The van der Waals surface area contributed by atoms with E-state index in [2.05, 4.69) is 19.5 Å². The normalized spacial score (nSPS) is 11.9. The first-order chi connectivity index (χ1) is 14.1. The predicted octanol–water partition coefficient (Wildman–Crippen LogP) is 6.70. The second-order valence-corrected chi connectivity index (χ2v) is 8.54. The van der Waals surface area contributed by atoms with Gasteiger partial charge in [-0.2, -0.15) is 0 Å². The Balaban J connectivity index is 1.73. The number of nitrogens with zero attached hydrogens (tertiary/aromatic N) is 4. The van der Waals surface area contributed by atoms with Gasteiger partial charge >= 0.3 is 0 Å². The lowest BCUT2D eigenvalue weighted by Crippen LogP contribution is -2.17. The van der Waals surface area contributed by atoms with Gasteiger partial charge in [0.25, 0.3) is 0 Å². The molecule has 0 aliphatic rings. The van der Waals surface area contributed by atoms with Crippen molar-refractivity contribution in [2.45, 2.75) is 19.5 Å². The third kappa shape index (κ3) is 4.93. The predicted molar refractivity (Wildman–Crippen MR) is 121 cm³/mol. The van der Waals surface area contributed by atoms with Crippen molar-refractivity contribution in [2.75, 3.05) is 0 Å². The number of hydrogen-bond acceptors (Lipinski definition) is 3. The molecule has 0 saturated carbocycles. The van der Waals surface area contributed by atoms with Crippen LogP contribution >= 0.6 is 46.1 Å². The van der Waals surface area contributed by atoms with Crippen LogP contribution in [0.25, 0.3) is 11.3 Å². The quantitative estimate of drug-likeness (QED) is 0.313. The summed E-state index contributed by atoms with van der Waals surface area (Å²) in [6.45, 7) is 1.65. The van der Waals surface area contributed by atoms with Crippen LogP contribution in [0.4, 0.5) is 5.69 Å². The van der Waals surface area contributed by atoms with E-state index in [4.69, 9.17) is 39.8 Å². The number of benzene rings is 2. The average molecular weight is 464 g/mol. The highest BCUT2D eigenvalue weighted by molar-refractivity contribution is 7.07. The Labute approximate surface area is 187 Å². The zero-order valence-corrected chi connectivity index (χ0v) is 18.4. The molecule has 0 unspecified atom stereocenters. The molecule has 0 fully saturated rings. The summed E-state index contributed by atoms with van der Waals surface area (Å²) >= 11 is 20.3. The highest BCUT2D eigenvalue weighted by Gasteiger charge is 2.12. The highest BCUT2D eigenvalue weighted by Crippen LogP contribution is 2.31. The summed E-state index contributed by atoms with van der Waals surface area (Å²) in [5.74, 6) is 0. The van der Waals surface area contributed by atoms with Gasteiger partial charge in [-0.15, -0.1) is 11.3 Å². The monoisotopic (exact) mass is 462 g/mol. The molecule has 0 N–H and O–H groups in total. The molecule has 8 heteroatoms. The maximum atomic E-state index is 6.48. The number of thiazole rings is 1. The molecule has 0 spiro atoms. The molecule has 0 aliphatic heterocycles. The van der Waals surface area contributed by atoms with Crippen LogP contribution < -0.4 is 4.80 Å². The minimum absolute atomic E-state index is 0.650. The van der Waals surface area contributed by atoms with Gasteiger partial charge in [-0.3, -0.25) is 0 Å². The summed E-state index contributed by atoms with van der Waals surface area (Å²) in [7, 11) is 0. The average Bonchev–Trinajstić information content (AvgIpc) is 3.36. The Morgan fingerprint density at radius 1 is 0.966 bits per heavy atom. The molecule has 4 nitrogen and oxygen atoms in total. The lowest BCUT2D eigenvalue weighted by molar-refractivity contribution is 0.559. The summed E-state index contributed by atoms with van der Waals surface area (Å²) < 4.78 is 4.25. The molecule has 0 amide bonds. The SMILES string of the molecule is Clc1ccc(N=c2scc(-c3cc(Cl)ccc3Cl)n2CCCn2ccnc2)cc1. The fourth-order valence-electron chi connectivity index (χ4n) is 3.00. The van der Waals surface area contributed by atoms with Gasteiger partial charge in [-0.25, -0.2) is 9.98 Å². The van der Waals surface area contributed by atoms with Gasteiger partial charge in [-0.1, -0.05) is 34.8 Å². The lowest BCUT2D eigenvalue weighted by atomic mass is 10.1. The Morgan fingerprint density at radius 3 is 2.52 bits per heavy atom. The number of aromatic nitrogens is 3. The van der Waals surface area contributed by atoms with Crippen LogP contribution in [-0.4, -0.2) is 14.1 Å². The molecule has 0 atom stereocenters. The van der Waals surface area contributed by atoms with Gasteiger partial charge in [-0.05, 0) is 48.9 Å². The number of aryl methyl sites for hydroxylation is 1. The molecule has 4 rings (SSSR count). The van der Waals surface area contributed by atoms with E-state index in [0.717, 1.165) is 41.3 Å². The topological polar surface area (TPSA) is 35.1 Å². The molecule has 0 radical (unpaired) electrons. The number of halogens is 3. The zero-order valence-electron chi connectivity index (χ0n) is 15.3. The van der Waals surface area contributed by atoms with Crippen molar-refractivity contribution in [1.29, 1.82) is 0 Å². The molecule has 4 aromatic rings. The first-order valence-corrected chi connectivity index (χ1v) is 11.0. The van der Waals surface area contributed by atoms with Gasteiger partial charge in [0.15, 0.2) is 4.80 Å². The van der Waals surface area contributed by atoms with Crippen LogP contribution in [0.15, 0.2) is 71.6 Å². The number of hydrogen-bond donors (Lipinski definition) is 0. The molecule has 2 aromatic carbocycles. The maximum Gasteiger partial charge on any atom is 0.190 e. The fraction of sp³-hybridized carbons (Fsp3) is 0.143. The van der Waals surface area contributed by atoms with Gasteiger partial charge in [0.2, 0.25) is 0 Å². The van der Waals surface area contributed by atoms with Gasteiger partial charge in [0.05, 0.1) is 22.7 Å². The van der Waals surface area contributed by atoms with Crippen LogP contribution in [0.1, 0.15) is 6.42 Å². The van der Waals surface area contributed by atoms with Crippen LogP contribution in [0.5, 0.6) is 0 Å². The summed E-state index contributed by atoms with van der Waals surface area (Å²) in [5.41, 5.74) is 2.75.